The third kappa shape index (κ3) is 2.95. The fourth-order valence-corrected chi connectivity index (χ4v) is 2.80. The first-order valence-corrected chi connectivity index (χ1v) is 7.44. The van der Waals surface area contributed by atoms with Gasteiger partial charge in [-0.3, -0.25) is 0 Å². The summed E-state index contributed by atoms with van der Waals surface area (Å²) < 4.78 is 0. The van der Waals surface area contributed by atoms with E-state index in [0.29, 0.717) is 10.7 Å². The molecule has 0 bridgehead atoms. The minimum absolute atomic E-state index is 0.0728. The lowest BCUT2D eigenvalue weighted by Gasteiger charge is -2.00. The molecule has 2 heterocycles. The van der Waals surface area contributed by atoms with Crippen molar-refractivity contribution in [3.05, 3.63) is 52.7 Å². The summed E-state index contributed by atoms with van der Waals surface area (Å²) in [5.41, 5.74) is 3.61. The summed E-state index contributed by atoms with van der Waals surface area (Å²) in [6.07, 6.45) is 1.59. The SMILES string of the molecule is OCc1ccc(CSc2nc3ncc(Cl)cc3[nH]2)cc1. The highest BCUT2D eigenvalue weighted by Crippen LogP contribution is 2.23. The number of halogens is 1. The molecule has 2 aromatic heterocycles. The molecule has 0 aliphatic carbocycles. The van der Waals surface area contributed by atoms with Crippen LogP contribution in [0.2, 0.25) is 5.02 Å². The van der Waals surface area contributed by atoms with Crippen molar-refractivity contribution < 1.29 is 5.11 Å². The Hall–Kier alpha value is -1.56. The Bertz CT molecular complexity index is 727. The fourth-order valence-electron chi connectivity index (χ4n) is 1.81. The molecule has 1 aromatic carbocycles. The highest BCUT2D eigenvalue weighted by atomic mass is 35.5. The van der Waals surface area contributed by atoms with Crippen LogP contribution in [0.25, 0.3) is 11.2 Å². The molecule has 0 aliphatic rings. The van der Waals surface area contributed by atoms with Crippen molar-refractivity contribution in [2.45, 2.75) is 17.5 Å². The quantitative estimate of drug-likeness (QED) is 0.725. The zero-order valence-corrected chi connectivity index (χ0v) is 12.1. The molecule has 0 saturated heterocycles. The van der Waals surface area contributed by atoms with E-state index in [4.69, 9.17) is 16.7 Å². The molecule has 0 saturated carbocycles. The van der Waals surface area contributed by atoms with Crippen molar-refractivity contribution in [1.29, 1.82) is 0 Å². The monoisotopic (exact) mass is 305 g/mol. The topological polar surface area (TPSA) is 61.8 Å². The first kappa shape index (κ1) is 13.4. The van der Waals surface area contributed by atoms with E-state index >= 15 is 0 Å². The number of aliphatic hydroxyl groups is 1. The second-order valence-electron chi connectivity index (χ2n) is 4.33. The van der Waals surface area contributed by atoms with Crippen molar-refractivity contribution in [1.82, 2.24) is 15.0 Å². The Morgan fingerprint density at radius 1 is 1.20 bits per heavy atom. The molecule has 2 N–H and O–H groups in total. The lowest BCUT2D eigenvalue weighted by molar-refractivity contribution is 0.282. The van der Waals surface area contributed by atoms with Gasteiger partial charge in [-0.05, 0) is 17.2 Å². The summed E-state index contributed by atoms with van der Waals surface area (Å²) in [5, 5.41) is 10.4. The van der Waals surface area contributed by atoms with Gasteiger partial charge in [0, 0.05) is 11.9 Å². The van der Waals surface area contributed by atoms with Gasteiger partial charge >= 0.3 is 0 Å². The van der Waals surface area contributed by atoms with Crippen molar-refractivity contribution in [2.24, 2.45) is 0 Å². The van der Waals surface area contributed by atoms with Crippen LogP contribution < -0.4 is 0 Å². The molecule has 0 atom stereocenters. The van der Waals surface area contributed by atoms with E-state index in [2.05, 4.69) is 15.0 Å². The number of hydrogen-bond acceptors (Lipinski definition) is 4. The molecular formula is C14H12ClN3OS. The number of nitrogens with one attached hydrogen (secondary N) is 1. The third-order valence-electron chi connectivity index (χ3n) is 2.86. The summed E-state index contributed by atoms with van der Waals surface area (Å²) >= 11 is 7.50. The first-order valence-electron chi connectivity index (χ1n) is 6.07. The molecule has 102 valence electrons. The molecule has 0 spiro atoms. The summed E-state index contributed by atoms with van der Waals surface area (Å²) in [7, 11) is 0. The van der Waals surface area contributed by atoms with Gasteiger partial charge in [-0.15, -0.1) is 0 Å². The van der Waals surface area contributed by atoms with Gasteiger partial charge in [-0.1, -0.05) is 47.6 Å². The van der Waals surface area contributed by atoms with Gasteiger partial charge in [0.2, 0.25) is 0 Å². The Morgan fingerprint density at radius 3 is 2.70 bits per heavy atom. The van der Waals surface area contributed by atoms with Crippen LogP contribution in [0.1, 0.15) is 11.1 Å². The molecule has 3 aromatic rings. The molecule has 0 radical (unpaired) electrons. The van der Waals surface area contributed by atoms with E-state index in [0.717, 1.165) is 22.0 Å². The normalized spacial score (nSPS) is 11.1. The minimum Gasteiger partial charge on any atom is -0.392 e. The second kappa shape index (κ2) is 5.83. The molecule has 0 fully saturated rings. The summed E-state index contributed by atoms with van der Waals surface area (Å²) in [6, 6.07) is 9.69. The van der Waals surface area contributed by atoms with E-state index in [-0.39, 0.29) is 6.61 Å². The molecule has 4 nitrogen and oxygen atoms in total. The van der Waals surface area contributed by atoms with Crippen LogP contribution in [0, 0.1) is 0 Å². The van der Waals surface area contributed by atoms with Gasteiger partial charge in [0.1, 0.15) is 0 Å². The van der Waals surface area contributed by atoms with Crippen LogP contribution in [0.15, 0.2) is 41.7 Å². The van der Waals surface area contributed by atoms with Crippen LogP contribution in [0.5, 0.6) is 0 Å². The predicted octanol–water partition coefficient (Wildman–Crippen LogP) is 3.40. The van der Waals surface area contributed by atoms with Crippen LogP contribution in [-0.4, -0.2) is 20.1 Å². The maximum atomic E-state index is 9.00. The average Bonchev–Trinajstić information content (AvgIpc) is 2.87. The zero-order chi connectivity index (χ0) is 13.9. The maximum absolute atomic E-state index is 9.00. The number of imidazole rings is 1. The van der Waals surface area contributed by atoms with Crippen LogP contribution in [0.4, 0.5) is 0 Å². The summed E-state index contributed by atoms with van der Waals surface area (Å²) in [5.74, 6) is 0.805. The van der Waals surface area contributed by atoms with E-state index in [1.54, 1.807) is 18.0 Å². The minimum atomic E-state index is 0.0728. The summed E-state index contributed by atoms with van der Waals surface area (Å²) in [4.78, 5) is 11.8. The molecular weight excluding hydrogens is 294 g/mol. The van der Waals surface area contributed by atoms with Gasteiger partial charge in [0.05, 0.1) is 17.1 Å². The number of thioether (sulfide) groups is 1. The van der Waals surface area contributed by atoms with Gasteiger partial charge in [-0.2, -0.15) is 0 Å². The van der Waals surface area contributed by atoms with Gasteiger partial charge in [0.15, 0.2) is 10.8 Å². The molecule has 0 aliphatic heterocycles. The van der Waals surface area contributed by atoms with E-state index in [9.17, 15) is 0 Å². The number of hydrogen-bond donors (Lipinski definition) is 2. The summed E-state index contributed by atoms with van der Waals surface area (Å²) in [6.45, 7) is 0.0728. The molecule has 20 heavy (non-hydrogen) atoms. The number of fused-ring (bicyclic) bond motifs is 1. The Labute approximate surface area is 125 Å². The number of rotatable bonds is 4. The number of aromatic nitrogens is 3. The Balaban J connectivity index is 1.72. The number of nitrogens with zero attached hydrogens (tertiary/aromatic N) is 2. The van der Waals surface area contributed by atoms with Crippen molar-refractivity contribution in [3.63, 3.8) is 0 Å². The number of H-pyrrole nitrogens is 1. The second-order valence-corrected chi connectivity index (χ2v) is 5.73. The van der Waals surface area contributed by atoms with Crippen LogP contribution in [-0.2, 0) is 12.4 Å². The van der Waals surface area contributed by atoms with Gasteiger partial charge in [0.25, 0.3) is 0 Å². The lowest BCUT2D eigenvalue weighted by Crippen LogP contribution is -1.85. The molecule has 3 rings (SSSR count). The van der Waals surface area contributed by atoms with Crippen LogP contribution >= 0.6 is 23.4 Å². The molecule has 0 unspecified atom stereocenters. The molecule has 0 amide bonds. The lowest BCUT2D eigenvalue weighted by atomic mass is 10.2. The highest BCUT2D eigenvalue weighted by molar-refractivity contribution is 7.98. The number of aromatic amines is 1. The Morgan fingerprint density at radius 2 is 1.95 bits per heavy atom. The Kier molecular flexibility index (Phi) is 3.91. The molecule has 6 heteroatoms. The third-order valence-corrected chi connectivity index (χ3v) is 4.01. The van der Waals surface area contributed by atoms with E-state index in [1.807, 2.05) is 30.3 Å². The smallest absolute Gasteiger partial charge is 0.178 e. The predicted molar refractivity (Wildman–Crippen MR) is 80.8 cm³/mol. The number of aliphatic hydroxyl groups excluding tert-OH is 1. The van der Waals surface area contributed by atoms with Crippen molar-refractivity contribution >= 4 is 34.5 Å². The fraction of sp³-hybridized carbons (Fsp3) is 0.143. The van der Waals surface area contributed by atoms with Gasteiger partial charge < -0.3 is 10.1 Å². The standard InChI is InChI=1S/C14H12ClN3OS/c15-11-5-12-13(16-6-11)18-14(17-12)20-8-10-3-1-9(7-19)2-4-10/h1-6,19H,7-8H2,(H,16,17,18). The van der Waals surface area contributed by atoms with Gasteiger partial charge in [-0.25, -0.2) is 9.97 Å². The van der Waals surface area contributed by atoms with Crippen LogP contribution in [0.3, 0.4) is 0 Å². The number of pyridine rings is 1. The highest BCUT2D eigenvalue weighted by Gasteiger charge is 2.05. The van der Waals surface area contributed by atoms with E-state index < -0.39 is 0 Å². The maximum Gasteiger partial charge on any atom is 0.178 e. The number of benzene rings is 1. The first-order chi connectivity index (χ1) is 9.74. The van der Waals surface area contributed by atoms with E-state index in [1.165, 1.54) is 5.56 Å². The van der Waals surface area contributed by atoms with Crippen molar-refractivity contribution in [3.8, 4) is 0 Å². The zero-order valence-electron chi connectivity index (χ0n) is 10.5. The van der Waals surface area contributed by atoms with Crippen molar-refractivity contribution in [2.75, 3.05) is 0 Å². The average molecular weight is 306 g/mol. The largest absolute Gasteiger partial charge is 0.392 e.